The van der Waals surface area contributed by atoms with Gasteiger partial charge in [0.15, 0.2) is 8.32 Å². The van der Waals surface area contributed by atoms with Crippen LogP contribution in [0.1, 0.15) is 78.9 Å². The predicted molar refractivity (Wildman–Crippen MR) is 281 cm³/mol. The van der Waals surface area contributed by atoms with Crippen LogP contribution in [0.15, 0.2) is 127 Å². The predicted octanol–water partition coefficient (Wildman–Crippen LogP) is 11.0. The summed E-state index contributed by atoms with van der Waals surface area (Å²) in [6.45, 7) is 12.6. The quantitative estimate of drug-likeness (QED) is 0.0193. The van der Waals surface area contributed by atoms with Crippen molar-refractivity contribution in [1.29, 1.82) is 0 Å². The minimum Gasteiger partial charge on any atom is -0.497 e. The zero-order valence-corrected chi connectivity index (χ0v) is 42.8. The topological polar surface area (TPSA) is 130 Å². The molecule has 0 bridgehead atoms. The fourth-order valence-electron chi connectivity index (χ4n) is 10.2. The van der Waals surface area contributed by atoms with Gasteiger partial charge >= 0.3 is 0 Å². The maximum atomic E-state index is 14.3. The minimum atomic E-state index is -1.92. The lowest BCUT2D eigenvalue weighted by molar-refractivity contribution is -0.0253. The molecule has 0 N–H and O–H groups in total. The first kappa shape index (κ1) is 48.6. The maximum absolute atomic E-state index is 14.3. The molecule has 8 aromatic rings. The number of rotatable bonds is 19. The molecule has 8 aromatic carbocycles. The molecule has 2 aliphatic heterocycles. The lowest BCUT2D eigenvalue weighted by atomic mass is 9.80. The Hall–Kier alpha value is -7.00. The number of carbonyl (C=O) groups is 4. The van der Waals surface area contributed by atoms with Gasteiger partial charge in [-0.3, -0.25) is 29.0 Å². The van der Waals surface area contributed by atoms with E-state index in [1.165, 1.54) is 9.80 Å². The highest BCUT2D eigenvalue weighted by Crippen LogP contribution is 2.47. The molecule has 0 unspecified atom stereocenters. The maximum Gasteiger partial charge on any atom is 0.261 e. The Morgan fingerprint density at radius 3 is 1.18 bits per heavy atom. The molecule has 0 aliphatic carbocycles. The number of benzene rings is 8. The summed E-state index contributed by atoms with van der Waals surface area (Å²) < 4.78 is 36.1. The van der Waals surface area contributed by atoms with Crippen LogP contribution in [-0.4, -0.2) is 109 Å². The standard InChI is InChI=1S/C59H58N2O10Si/c1-58(2,3)72(6,7)71-36-34-69-32-30-61-56(64)48-27-23-44-42-21-25-46-52-47(26-22-43(50(42)52)45-24-28-49(57(61)65)53(48)51(44)45)55(63)60(54(46)62)29-31-68-33-35-70-59(37-11-9-8-10-12-37,38-13-17-40(66-4)18-14-38)39-15-19-41(67-5)20-16-39/h8-28H,29-36H2,1-7H3. The lowest BCUT2D eigenvalue weighted by Gasteiger charge is -2.36. The number of amides is 4. The van der Waals surface area contributed by atoms with Crippen molar-refractivity contribution in [3.8, 4) is 11.5 Å². The highest BCUT2D eigenvalue weighted by Gasteiger charge is 2.40. The summed E-state index contributed by atoms with van der Waals surface area (Å²) in [5.41, 5.74) is 3.40. The fourth-order valence-corrected chi connectivity index (χ4v) is 11.2. The second kappa shape index (κ2) is 19.2. The first-order valence-electron chi connectivity index (χ1n) is 24.4. The zero-order valence-electron chi connectivity index (χ0n) is 41.8. The highest BCUT2D eigenvalue weighted by molar-refractivity contribution is 6.74. The Labute approximate surface area is 419 Å². The molecule has 13 heteroatoms. The zero-order chi connectivity index (χ0) is 50.5. The summed E-state index contributed by atoms with van der Waals surface area (Å²) in [4.78, 5) is 59.4. The monoisotopic (exact) mass is 982 g/mol. The highest BCUT2D eigenvalue weighted by atomic mass is 28.4. The van der Waals surface area contributed by atoms with E-state index in [1.54, 1.807) is 38.5 Å². The van der Waals surface area contributed by atoms with E-state index in [-0.39, 0.29) is 56.4 Å². The van der Waals surface area contributed by atoms with Crippen molar-refractivity contribution in [3.05, 3.63) is 166 Å². The molecule has 0 radical (unpaired) electrons. The Bertz CT molecular complexity index is 3220. The van der Waals surface area contributed by atoms with Crippen LogP contribution in [0.4, 0.5) is 0 Å². The molecule has 0 saturated carbocycles. The van der Waals surface area contributed by atoms with Crippen molar-refractivity contribution in [2.24, 2.45) is 0 Å². The average molecular weight is 983 g/mol. The van der Waals surface area contributed by atoms with Crippen LogP contribution in [0.25, 0.3) is 43.1 Å². The normalized spacial score (nSPS) is 14.2. The van der Waals surface area contributed by atoms with E-state index in [2.05, 4.69) is 33.9 Å². The van der Waals surface area contributed by atoms with Gasteiger partial charge in [0.25, 0.3) is 23.6 Å². The molecule has 72 heavy (non-hydrogen) atoms. The van der Waals surface area contributed by atoms with E-state index in [9.17, 15) is 19.2 Å². The van der Waals surface area contributed by atoms with Crippen LogP contribution in [0.5, 0.6) is 11.5 Å². The first-order chi connectivity index (χ1) is 34.7. The molecule has 0 atom stereocenters. The van der Waals surface area contributed by atoms with Crippen LogP contribution in [0, 0.1) is 0 Å². The van der Waals surface area contributed by atoms with Gasteiger partial charge in [0.05, 0.1) is 67.0 Å². The molecule has 12 nitrogen and oxygen atoms in total. The average Bonchev–Trinajstić information content (AvgIpc) is 3.39. The number of nitrogens with zero attached hydrogens (tertiary/aromatic N) is 2. The third kappa shape index (κ3) is 8.18. The fraction of sp³-hybridized carbons (Fsp3) is 0.288. The second-order valence-corrected chi connectivity index (χ2v) is 24.7. The van der Waals surface area contributed by atoms with Crippen molar-refractivity contribution in [2.45, 2.75) is 44.5 Å². The van der Waals surface area contributed by atoms with Crippen molar-refractivity contribution in [3.63, 3.8) is 0 Å². The Morgan fingerprint density at radius 1 is 0.431 bits per heavy atom. The van der Waals surface area contributed by atoms with E-state index in [4.69, 9.17) is 28.1 Å². The van der Waals surface area contributed by atoms with Gasteiger partial charge in [-0.2, -0.15) is 0 Å². The largest absolute Gasteiger partial charge is 0.497 e. The number of fused-ring (bicyclic) bond motifs is 2. The first-order valence-corrected chi connectivity index (χ1v) is 27.3. The van der Waals surface area contributed by atoms with Crippen LogP contribution in [0.3, 0.4) is 0 Å². The summed E-state index contributed by atoms with van der Waals surface area (Å²) in [5.74, 6) is -0.116. The third-order valence-electron chi connectivity index (χ3n) is 14.9. The van der Waals surface area contributed by atoms with E-state index >= 15 is 0 Å². The summed E-state index contributed by atoms with van der Waals surface area (Å²) in [5, 5.41) is 6.17. The van der Waals surface area contributed by atoms with Gasteiger partial charge in [-0.25, -0.2) is 0 Å². The second-order valence-electron chi connectivity index (χ2n) is 19.9. The molecule has 0 spiro atoms. The van der Waals surface area contributed by atoms with Crippen LogP contribution >= 0.6 is 0 Å². The van der Waals surface area contributed by atoms with E-state index in [0.29, 0.717) is 46.2 Å². The van der Waals surface area contributed by atoms with Crippen molar-refractivity contribution < 1.29 is 47.3 Å². The van der Waals surface area contributed by atoms with Gasteiger partial charge in [-0.15, -0.1) is 0 Å². The van der Waals surface area contributed by atoms with Crippen molar-refractivity contribution in [1.82, 2.24) is 9.80 Å². The van der Waals surface area contributed by atoms with Gasteiger partial charge in [0.2, 0.25) is 0 Å². The SMILES string of the molecule is COc1ccc(C(OCCOCCN2C(=O)c3ccc4c5ccc6c7c(ccc(c8ccc(c3c48)C2=O)c75)C(=O)N(CCOCCO[Si](C)(C)C(C)(C)C)C6=O)(c2ccccc2)c2ccc(OC)cc2)cc1. The lowest BCUT2D eigenvalue weighted by Crippen LogP contribution is -2.43. The molecule has 0 fully saturated rings. The smallest absolute Gasteiger partial charge is 0.261 e. The number of hydrogen-bond donors (Lipinski definition) is 0. The Morgan fingerprint density at radius 2 is 0.806 bits per heavy atom. The van der Waals surface area contributed by atoms with Crippen LogP contribution in [0.2, 0.25) is 18.1 Å². The van der Waals surface area contributed by atoms with Crippen molar-refractivity contribution in [2.75, 3.05) is 67.0 Å². The number of ether oxygens (including phenoxy) is 5. The number of hydrogen-bond acceptors (Lipinski definition) is 10. The Kier molecular flexibility index (Phi) is 13.0. The van der Waals surface area contributed by atoms with E-state index in [0.717, 1.165) is 60.5 Å². The van der Waals surface area contributed by atoms with Gasteiger partial charge in [-0.1, -0.05) is 99.6 Å². The molecule has 368 valence electrons. The molecule has 2 aliphatic rings. The van der Waals surface area contributed by atoms with Gasteiger partial charge < -0.3 is 28.1 Å². The number of imide groups is 2. The molecule has 2 heterocycles. The van der Waals surface area contributed by atoms with Gasteiger partial charge in [0.1, 0.15) is 17.1 Å². The van der Waals surface area contributed by atoms with Gasteiger partial charge in [-0.05, 0) is 116 Å². The number of carbonyl (C=O) groups excluding carboxylic acids is 4. The molecular formula is C59H58N2O10Si. The molecule has 10 rings (SSSR count). The van der Waals surface area contributed by atoms with Crippen molar-refractivity contribution >= 4 is 75.0 Å². The molecule has 0 saturated heterocycles. The summed E-state index contributed by atoms with van der Waals surface area (Å²) in [6, 6.07) is 40.4. The molecule has 0 aromatic heterocycles. The number of methoxy groups -OCH3 is 2. The summed E-state index contributed by atoms with van der Waals surface area (Å²) >= 11 is 0. The Balaban J connectivity index is 0.857. The van der Waals surface area contributed by atoms with Crippen LogP contribution in [-0.2, 0) is 24.2 Å². The van der Waals surface area contributed by atoms with Crippen LogP contribution < -0.4 is 9.47 Å². The summed E-state index contributed by atoms with van der Waals surface area (Å²) in [7, 11) is 1.34. The third-order valence-corrected chi connectivity index (χ3v) is 19.5. The van der Waals surface area contributed by atoms with E-state index < -0.39 is 25.7 Å². The van der Waals surface area contributed by atoms with Gasteiger partial charge in [0, 0.05) is 33.0 Å². The minimum absolute atomic E-state index is 0.0351. The summed E-state index contributed by atoms with van der Waals surface area (Å²) in [6.07, 6.45) is 0. The molecule has 4 amide bonds. The molecular weight excluding hydrogens is 925 g/mol. The van der Waals surface area contributed by atoms with E-state index in [1.807, 2.05) is 103 Å².